The van der Waals surface area contributed by atoms with Crippen molar-refractivity contribution in [2.75, 3.05) is 39.6 Å². The van der Waals surface area contributed by atoms with Crippen LogP contribution in [0.1, 0.15) is 336 Å². The van der Waals surface area contributed by atoms with Crippen molar-refractivity contribution >= 4 is 39.5 Å². The van der Waals surface area contributed by atoms with Gasteiger partial charge < -0.3 is 33.8 Å². The van der Waals surface area contributed by atoms with Crippen molar-refractivity contribution < 1.29 is 80.2 Å². The summed E-state index contributed by atoms with van der Waals surface area (Å²) < 4.78 is 68.3. The first kappa shape index (κ1) is 89.0. The van der Waals surface area contributed by atoms with E-state index in [2.05, 4.69) is 76.3 Å². The Morgan fingerprint density at radius 1 is 0.304 bits per heavy atom. The van der Waals surface area contributed by atoms with E-state index in [0.717, 1.165) is 148 Å². The number of phosphoric acid groups is 2. The molecule has 0 aliphatic carbocycles. The summed E-state index contributed by atoms with van der Waals surface area (Å²) in [6.45, 7) is 4.81. The summed E-state index contributed by atoms with van der Waals surface area (Å²) >= 11 is 0. The van der Waals surface area contributed by atoms with E-state index in [1.807, 2.05) is 0 Å². The lowest BCUT2D eigenvalue weighted by atomic mass is 10.1. The van der Waals surface area contributed by atoms with E-state index in [4.69, 9.17) is 37.0 Å². The average Bonchev–Trinajstić information content (AvgIpc) is 2.24. The zero-order valence-corrected chi connectivity index (χ0v) is 60.3. The lowest BCUT2D eigenvalue weighted by Crippen LogP contribution is -2.30. The van der Waals surface area contributed by atoms with Crippen LogP contribution < -0.4 is 0 Å². The summed E-state index contributed by atoms with van der Waals surface area (Å²) in [6.07, 6.45) is 61.1. The molecule has 92 heavy (non-hydrogen) atoms. The van der Waals surface area contributed by atoms with Gasteiger partial charge >= 0.3 is 39.5 Å². The number of carbonyl (C=O) groups excluding carboxylic acids is 4. The van der Waals surface area contributed by atoms with Gasteiger partial charge in [0.15, 0.2) is 12.2 Å². The Morgan fingerprint density at radius 2 is 0.533 bits per heavy atom. The molecular weight excluding hydrogens is 1210 g/mol. The lowest BCUT2D eigenvalue weighted by Gasteiger charge is -2.21. The second-order valence-electron chi connectivity index (χ2n) is 24.9. The van der Waals surface area contributed by atoms with Crippen molar-refractivity contribution in [3.05, 3.63) is 48.6 Å². The first-order chi connectivity index (χ1) is 44.7. The molecule has 0 saturated carbocycles. The maximum absolute atomic E-state index is 13.0. The predicted molar refractivity (Wildman–Crippen MR) is 372 cm³/mol. The molecule has 0 aromatic rings. The summed E-state index contributed by atoms with van der Waals surface area (Å²) in [5.41, 5.74) is 0. The maximum atomic E-state index is 13.0. The second-order valence-corrected chi connectivity index (χ2v) is 27.8. The number of hydrogen-bond donors (Lipinski definition) is 3. The number of aliphatic hydroxyl groups is 1. The van der Waals surface area contributed by atoms with Gasteiger partial charge in [-0.1, -0.05) is 250 Å². The second kappa shape index (κ2) is 66.6. The minimum Gasteiger partial charge on any atom is -0.462 e. The molecule has 0 heterocycles. The zero-order valence-electron chi connectivity index (χ0n) is 58.5. The highest BCUT2D eigenvalue weighted by molar-refractivity contribution is 7.47. The number of rotatable bonds is 70. The topological polar surface area (TPSA) is 237 Å². The molecule has 0 aliphatic rings. The number of hydrogen-bond acceptors (Lipinski definition) is 15. The van der Waals surface area contributed by atoms with Gasteiger partial charge in [-0.15, -0.1) is 0 Å². The van der Waals surface area contributed by atoms with Crippen molar-refractivity contribution in [2.24, 2.45) is 0 Å². The van der Waals surface area contributed by atoms with Gasteiger partial charge in [0.1, 0.15) is 19.3 Å². The molecule has 0 amide bonds. The third-order valence-corrected chi connectivity index (χ3v) is 17.7. The molecular formula is C73H134O17P2. The molecule has 538 valence electrons. The van der Waals surface area contributed by atoms with Gasteiger partial charge in [0.25, 0.3) is 0 Å². The summed E-state index contributed by atoms with van der Waals surface area (Å²) in [7, 11) is -9.93. The van der Waals surface area contributed by atoms with Crippen LogP contribution in [-0.2, 0) is 65.4 Å². The van der Waals surface area contributed by atoms with Gasteiger partial charge in [-0.3, -0.25) is 37.3 Å². The zero-order chi connectivity index (χ0) is 67.5. The molecule has 0 aliphatic heterocycles. The fraction of sp³-hybridized carbons (Fsp3) is 0.836. The number of unbranched alkanes of at least 4 members (excludes halogenated alkanes) is 36. The van der Waals surface area contributed by atoms with Gasteiger partial charge in [0.05, 0.1) is 26.4 Å². The molecule has 0 bridgehead atoms. The van der Waals surface area contributed by atoms with Crippen LogP contribution in [0, 0.1) is 0 Å². The Kier molecular flexibility index (Phi) is 64.5. The minimum absolute atomic E-state index is 0.0880. The maximum Gasteiger partial charge on any atom is 0.472 e. The van der Waals surface area contributed by atoms with Crippen LogP contribution in [0.25, 0.3) is 0 Å². The van der Waals surface area contributed by atoms with E-state index in [9.17, 15) is 43.2 Å². The van der Waals surface area contributed by atoms with Crippen LogP contribution in [0.5, 0.6) is 0 Å². The quantitative estimate of drug-likeness (QED) is 0.0169. The molecule has 17 nitrogen and oxygen atoms in total. The normalized spacial score (nSPS) is 14.3. The van der Waals surface area contributed by atoms with E-state index in [1.54, 1.807) is 0 Å². The third-order valence-electron chi connectivity index (χ3n) is 15.8. The van der Waals surface area contributed by atoms with Crippen molar-refractivity contribution in [1.82, 2.24) is 0 Å². The first-order valence-electron chi connectivity index (χ1n) is 36.9. The molecule has 0 spiro atoms. The Balaban J connectivity index is 5.30. The highest BCUT2D eigenvalue weighted by Gasteiger charge is 2.30. The number of ether oxygens (including phenoxy) is 4. The monoisotopic (exact) mass is 1340 g/mol. The summed E-state index contributed by atoms with van der Waals surface area (Å²) in [5, 5.41) is 10.6. The van der Waals surface area contributed by atoms with Crippen LogP contribution in [0.15, 0.2) is 48.6 Å². The van der Waals surface area contributed by atoms with Crippen LogP contribution in [0.3, 0.4) is 0 Å². The number of phosphoric ester groups is 2. The van der Waals surface area contributed by atoms with Gasteiger partial charge in [0, 0.05) is 25.7 Å². The Hall–Kier alpha value is -2.98. The Morgan fingerprint density at radius 3 is 0.848 bits per heavy atom. The van der Waals surface area contributed by atoms with E-state index < -0.39 is 97.5 Å². The van der Waals surface area contributed by atoms with Gasteiger partial charge in [-0.2, -0.15) is 0 Å². The fourth-order valence-corrected chi connectivity index (χ4v) is 11.6. The predicted octanol–water partition coefficient (Wildman–Crippen LogP) is 20.6. The molecule has 5 unspecified atom stereocenters. The number of esters is 4. The van der Waals surface area contributed by atoms with Crippen molar-refractivity contribution in [1.29, 1.82) is 0 Å². The van der Waals surface area contributed by atoms with Crippen LogP contribution >= 0.6 is 15.6 Å². The molecule has 0 radical (unpaired) electrons. The van der Waals surface area contributed by atoms with Crippen LogP contribution in [0.4, 0.5) is 0 Å². The van der Waals surface area contributed by atoms with Gasteiger partial charge in [0.2, 0.25) is 0 Å². The first-order valence-corrected chi connectivity index (χ1v) is 39.9. The van der Waals surface area contributed by atoms with Gasteiger partial charge in [-0.25, -0.2) is 9.13 Å². The number of allylic oxidation sites excluding steroid dienone is 8. The Bertz CT molecular complexity index is 1940. The molecule has 0 rings (SSSR count). The molecule has 0 aromatic heterocycles. The van der Waals surface area contributed by atoms with E-state index in [1.165, 1.54) is 109 Å². The molecule has 19 heteroatoms. The Labute approximate surface area is 559 Å². The molecule has 0 fully saturated rings. The van der Waals surface area contributed by atoms with Crippen molar-refractivity contribution in [3.8, 4) is 0 Å². The third kappa shape index (κ3) is 65.7. The SMILES string of the molecule is CCCCC/C=C\C/C=C\CCCCCCCC(=O)OCC(COP(=O)(O)OCC(O)COP(=O)(O)OCC(COC(=O)CCCCCCC/C=C\CCCCCC)OC(=O)CCCCCCC/C=C\CCCCCC)OC(=O)CCCCCCCCCCCCC. The van der Waals surface area contributed by atoms with E-state index >= 15 is 0 Å². The minimum atomic E-state index is -4.96. The summed E-state index contributed by atoms with van der Waals surface area (Å²) in [6, 6.07) is 0. The molecule has 0 saturated heterocycles. The average molecular weight is 1350 g/mol. The molecule has 3 N–H and O–H groups in total. The number of aliphatic hydroxyl groups excluding tert-OH is 1. The number of carbonyl (C=O) groups is 4. The molecule has 0 aromatic carbocycles. The van der Waals surface area contributed by atoms with E-state index in [0.29, 0.717) is 25.7 Å². The molecule has 5 atom stereocenters. The van der Waals surface area contributed by atoms with Crippen LogP contribution in [-0.4, -0.2) is 96.7 Å². The largest absolute Gasteiger partial charge is 0.472 e. The fourth-order valence-electron chi connectivity index (χ4n) is 10.1. The lowest BCUT2D eigenvalue weighted by molar-refractivity contribution is -0.161. The van der Waals surface area contributed by atoms with Gasteiger partial charge in [-0.05, 0) is 109 Å². The summed E-state index contributed by atoms with van der Waals surface area (Å²) in [5.74, 6) is -2.18. The standard InChI is InChI=1S/C73H134O17P2/c1-5-9-13-17-21-25-29-32-33-36-39-42-46-50-54-58-71(76)84-63-68(89-72(77)59-55-51-47-43-37-28-24-20-16-12-8-4)65-87-91(79,80)85-61-67(74)62-86-92(81,82)88-66-69(90-73(78)60-56-52-48-44-40-35-31-27-23-19-15-11-7-3)64-83-70(75)57-53-49-45-41-38-34-30-26-22-18-14-10-6-2/h21,25-27,30-33,67-69,74H,5-20,22-24,28-29,34-66H2,1-4H3,(H,79,80)(H,81,82)/b25-21-,30-26-,31-27-,33-32-. The highest BCUT2D eigenvalue weighted by atomic mass is 31.2. The highest BCUT2D eigenvalue weighted by Crippen LogP contribution is 2.45. The smallest absolute Gasteiger partial charge is 0.462 e. The van der Waals surface area contributed by atoms with Crippen LogP contribution in [0.2, 0.25) is 0 Å². The van der Waals surface area contributed by atoms with Crippen molar-refractivity contribution in [3.63, 3.8) is 0 Å². The van der Waals surface area contributed by atoms with E-state index in [-0.39, 0.29) is 25.7 Å². The summed E-state index contributed by atoms with van der Waals surface area (Å²) in [4.78, 5) is 72.6. The van der Waals surface area contributed by atoms with Crippen molar-refractivity contribution in [2.45, 2.75) is 354 Å².